The second-order valence-corrected chi connectivity index (χ2v) is 4.91. The number of nitrogens with one attached hydrogen (secondary N) is 3. The number of hydrogen-bond donors (Lipinski definition) is 3. The van der Waals surface area contributed by atoms with E-state index in [1.54, 1.807) is 0 Å². The number of halogens is 1. The Kier molecular flexibility index (Phi) is 11.1. The first-order valence-electron chi connectivity index (χ1n) is 7.54. The second-order valence-electron chi connectivity index (χ2n) is 4.91. The van der Waals surface area contributed by atoms with Gasteiger partial charge in [0.25, 0.3) is 11.6 Å². The Bertz CT molecular complexity index is 537. The molecule has 24 heavy (non-hydrogen) atoms. The molecule has 0 aliphatic rings. The van der Waals surface area contributed by atoms with Crippen LogP contribution in [0.2, 0.25) is 0 Å². The van der Waals surface area contributed by atoms with Crippen LogP contribution in [0.5, 0.6) is 0 Å². The second kappa shape index (κ2) is 12.3. The minimum atomic E-state index is -0.526. The summed E-state index contributed by atoms with van der Waals surface area (Å²) in [5.41, 5.74) is 0.248. The van der Waals surface area contributed by atoms with Crippen molar-refractivity contribution in [2.75, 3.05) is 26.2 Å². The Morgan fingerprint density at radius 2 is 1.71 bits per heavy atom. The number of non-ortho nitro benzene ring substituents is 1. The molecule has 0 bridgehead atoms. The highest BCUT2D eigenvalue weighted by Crippen LogP contribution is 2.11. The van der Waals surface area contributed by atoms with Crippen molar-refractivity contribution in [3.05, 3.63) is 39.9 Å². The molecule has 1 rings (SSSR count). The molecular weight excluding hydrogens is 336 g/mol. The minimum absolute atomic E-state index is 0. The number of benzene rings is 1. The highest BCUT2D eigenvalue weighted by molar-refractivity contribution is 5.94. The predicted molar refractivity (Wildman–Crippen MR) is 93.5 cm³/mol. The van der Waals surface area contributed by atoms with Gasteiger partial charge in [0, 0.05) is 43.8 Å². The summed E-state index contributed by atoms with van der Waals surface area (Å²) in [6.07, 6.45) is 1.23. The van der Waals surface area contributed by atoms with Crippen LogP contribution in [-0.4, -0.2) is 42.9 Å². The molecule has 0 aliphatic carbocycles. The molecule has 0 atom stereocenters. The molecule has 9 heteroatoms. The third kappa shape index (κ3) is 8.44. The van der Waals surface area contributed by atoms with Crippen LogP contribution in [0.4, 0.5) is 5.69 Å². The van der Waals surface area contributed by atoms with E-state index in [0.717, 1.165) is 13.0 Å². The molecule has 3 N–H and O–H groups in total. The summed E-state index contributed by atoms with van der Waals surface area (Å²) in [5, 5.41) is 19.0. The summed E-state index contributed by atoms with van der Waals surface area (Å²) >= 11 is 0. The van der Waals surface area contributed by atoms with Gasteiger partial charge in [0.05, 0.1) is 4.92 Å². The van der Waals surface area contributed by atoms with Crippen LogP contribution in [0.1, 0.15) is 30.1 Å². The molecule has 0 spiro atoms. The summed E-state index contributed by atoms with van der Waals surface area (Å²) < 4.78 is 0. The third-order valence-corrected chi connectivity index (χ3v) is 3.03. The predicted octanol–water partition coefficient (Wildman–Crippen LogP) is 1.25. The molecule has 0 fully saturated rings. The molecule has 2 amide bonds. The molecule has 0 radical (unpaired) electrons. The Morgan fingerprint density at radius 1 is 1.04 bits per heavy atom. The van der Waals surface area contributed by atoms with Crippen LogP contribution >= 0.6 is 12.4 Å². The largest absolute Gasteiger partial charge is 0.355 e. The lowest BCUT2D eigenvalue weighted by atomic mass is 10.2. The fourth-order valence-corrected chi connectivity index (χ4v) is 1.81. The quantitative estimate of drug-likeness (QED) is 0.331. The number of nitro benzene ring substituents is 1. The van der Waals surface area contributed by atoms with Crippen molar-refractivity contribution in [2.24, 2.45) is 0 Å². The average molecular weight is 359 g/mol. The van der Waals surface area contributed by atoms with Crippen molar-refractivity contribution in [3.63, 3.8) is 0 Å². The lowest BCUT2D eigenvalue weighted by Crippen LogP contribution is -2.34. The van der Waals surface area contributed by atoms with Gasteiger partial charge in [0.15, 0.2) is 0 Å². The first-order chi connectivity index (χ1) is 11.0. The molecule has 0 saturated heterocycles. The van der Waals surface area contributed by atoms with Crippen LogP contribution in [0, 0.1) is 10.1 Å². The van der Waals surface area contributed by atoms with E-state index in [4.69, 9.17) is 0 Å². The standard InChI is InChI=1S/C15H22N4O4.ClH/c1-2-8-16-10-11-17-14(20)7-9-18-15(21)12-3-5-13(6-4-12)19(22)23;/h3-6,16H,2,7-11H2,1H3,(H,17,20)(H,18,21);1H. The van der Waals surface area contributed by atoms with Crippen LogP contribution in [0.3, 0.4) is 0 Å². The normalized spacial score (nSPS) is 9.71. The van der Waals surface area contributed by atoms with Crippen molar-refractivity contribution >= 4 is 29.9 Å². The number of carbonyl (C=O) groups is 2. The van der Waals surface area contributed by atoms with Crippen LogP contribution in [0.15, 0.2) is 24.3 Å². The monoisotopic (exact) mass is 358 g/mol. The smallest absolute Gasteiger partial charge is 0.269 e. The van der Waals surface area contributed by atoms with Crippen molar-refractivity contribution in [3.8, 4) is 0 Å². The van der Waals surface area contributed by atoms with Crippen molar-refractivity contribution in [2.45, 2.75) is 19.8 Å². The van der Waals surface area contributed by atoms with E-state index >= 15 is 0 Å². The summed E-state index contributed by atoms with van der Waals surface area (Å²) in [6, 6.07) is 5.30. The number of amides is 2. The van der Waals surface area contributed by atoms with Gasteiger partial charge in [-0.1, -0.05) is 6.92 Å². The van der Waals surface area contributed by atoms with E-state index < -0.39 is 4.92 Å². The molecule has 8 nitrogen and oxygen atoms in total. The van der Waals surface area contributed by atoms with E-state index in [-0.39, 0.29) is 42.9 Å². The Balaban J connectivity index is 0.00000529. The van der Waals surface area contributed by atoms with Gasteiger partial charge in [-0.25, -0.2) is 0 Å². The Morgan fingerprint density at radius 3 is 2.29 bits per heavy atom. The number of hydrogen-bond acceptors (Lipinski definition) is 5. The van der Waals surface area contributed by atoms with Crippen molar-refractivity contribution in [1.82, 2.24) is 16.0 Å². The van der Waals surface area contributed by atoms with Gasteiger partial charge in [-0.2, -0.15) is 0 Å². The molecule has 0 unspecified atom stereocenters. The molecule has 134 valence electrons. The van der Waals surface area contributed by atoms with Crippen molar-refractivity contribution < 1.29 is 14.5 Å². The van der Waals surface area contributed by atoms with Gasteiger partial charge in [0.2, 0.25) is 5.91 Å². The highest BCUT2D eigenvalue weighted by atomic mass is 35.5. The molecule has 1 aromatic rings. The van der Waals surface area contributed by atoms with E-state index in [1.807, 2.05) is 0 Å². The summed E-state index contributed by atoms with van der Waals surface area (Å²) in [4.78, 5) is 33.4. The SMILES string of the molecule is CCCNCCNC(=O)CCNC(=O)c1ccc([N+](=O)[O-])cc1.Cl. The van der Waals surface area contributed by atoms with Crippen LogP contribution in [0.25, 0.3) is 0 Å². The van der Waals surface area contributed by atoms with Crippen LogP contribution in [-0.2, 0) is 4.79 Å². The zero-order chi connectivity index (χ0) is 17.1. The summed E-state index contributed by atoms with van der Waals surface area (Å²) in [6.45, 7) is 4.47. The van der Waals surface area contributed by atoms with Gasteiger partial charge in [-0.15, -0.1) is 12.4 Å². The zero-order valence-electron chi connectivity index (χ0n) is 13.5. The molecule has 0 saturated carbocycles. The summed E-state index contributed by atoms with van der Waals surface area (Å²) in [7, 11) is 0. The summed E-state index contributed by atoms with van der Waals surface area (Å²) in [5.74, 6) is -0.496. The van der Waals surface area contributed by atoms with E-state index in [9.17, 15) is 19.7 Å². The van der Waals surface area contributed by atoms with E-state index in [0.29, 0.717) is 18.7 Å². The van der Waals surface area contributed by atoms with Gasteiger partial charge >= 0.3 is 0 Å². The molecule has 0 aromatic heterocycles. The van der Waals surface area contributed by atoms with Gasteiger partial charge < -0.3 is 16.0 Å². The Labute approximate surface area is 146 Å². The molecule has 0 aliphatic heterocycles. The topological polar surface area (TPSA) is 113 Å². The fraction of sp³-hybridized carbons (Fsp3) is 0.467. The molecule has 0 heterocycles. The van der Waals surface area contributed by atoms with E-state index in [2.05, 4.69) is 22.9 Å². The minimum Gasteiger partial charge on any atom is -0.355 e. The first-order valence-corrected chi connectivity index (χ1v) is 7.54. The van der Waals surface area contributed by atoms with Gasteiger partial charge in [-0.05, 0) is 25.1 Å². The maximum Gasteiger partial charge on any atom is 0.269 e. The van der Waals surface area contributed by atoms with Gasteiger partial charge in [-0.3, -0.25) is 19.7 Å². The number of nitrogens with zero attached hydrogens (tertiary/aromatic N) is 1. The lowest BCUT2D eigenvalue weighted by molar-refractivity contribution is -0.384. The lowest BCUT2D eigenvalue weighted by Gasteiger charge is -2.07. The number of rotatable bonds is 10. The van der Waals surface area contributed by atoms with Crippen molar-refractivity contribution in [1.29, 1.82) is 0 Å². The number of carbonyl (C=O) groups excluding carboxylic acids is 2. The molecule has 1 aromatic carbocycles. The maximum atomic E-state index is 11.8. The highest BCUT2D eigenvalue weighted by Gasteiger charge is 2.09. The fourth-order valence-electron chi connectivity index (χ4n) is 1.81. The molecular formula is C15H23ClN4O4. The first kappa shape index (κ1) is 21.8. The average Bonchev–Trinajstić information content (AvgIpc) is 2.54. The zero-order valence-corrected chi connectivity index (χ0v) is 14.4. The van der Waals surface area contributed by atoms with Crippen LogP contribution < -0.4 is 16.0 Å². The number of nitro groups is 1. The third-order valence-electron chi connectivity index (χ3n) is 3.03. The van der Waals surface area contributed by atoms with E-state index in [1.165, 1.54) is 24.3 Å². The Hall–Kier alpha value is -2.19. The van der Waals surface area contributed by atoms with Gasteiger partial charge in [0.1, 0.15) is 0 Å². The maximum absolute atomic E-state index is 11.8.